The van der Waals surface area contributed by atoms with Crippen LogP contribution in [0.15, 0.2) is 45.8 Å². The van der Waals surface area contributed by atoms with Gasteiger partial charge in [0.1, 0.15) is 4.90 Å². The summed E-state index contributed by atoms with van der Waals surface area (Å²) in [6.45, 7) is 3.27. The molecule has 0 saturated heterocycles. The number of nitrogens with one attached hydrogen (secondary N) is 1. The van der Waals surface area contributed by atoms with E-state index in [0.717, 1.165) is 29.8 Å². The van der Waals surface area contributed by atoms with Crippen molar-refractivity contribution in [2.24, 2.45) is 0 Å². The van der Waals surface area contributed by atoms with Gasteiger partial charge in [0.05, 0.1) is 5.56 Å². The molecule has 1 atom stereocenters. The van der Waals surface area contributed by atoms with Gasteiger partial charge in [0.2, 0.25) is 5.91 Å². The molecule has 1 unspecified atom stereocenters. The van der Waals surface area contributed by atoms with Crippen LogP contribution in [0.4, 0.5) is 24.5 Å². The highest BCUT2D eigenvalue weighted by atomic mass is 79.9. The highest BCUT2D eigenvalue weighted by Crippen LogP contribution is 2.38. The molecule has 10 heteroatoms. The van der Waals surface area contributed by atoms with E-state index >= 15 is 0 Å². The monoisotopic (exact) mass is 476 g/mol. The average Bonchev–Trinajstić information content (AvgIpc) is 2.88. The predicted octanol–water partition coefficient (Wildman–Crippen LogP) is 4.57. The zero-order chi connectivity index (χ0) is 20.9. The Morgan fingerprint density at radius 3 is 2.36 bits per heavy atom. The van der Waals surface area contributed by atoms with Crippen molar-refractivity contribution >= 4 is 43.2 Å². The first-order chi connectivity index (χ1) is 12.9. The lowest BCUT2D eigenvalue weighted by Crippen LogP contribution is -2.33. The number of fused-ring (bicyclic) bond motifs is 1. The molecule has 1 heterocycles. The molecule has 0 fully saturated rings. The van der Waals surface area contributed by atoms with Crippen molar-refractivity contribution in [3.05, 3.63) is 52.0 Å². The normalized spacial score (nSPS) is 16.8. The van der Waals surface area contributed by atoms with E-state index in [-0.39, 0.29) is 22.5 Å². The first-order valence-electron chi connectivity index (χ1n) is 8.22. The number of hydrogen-bond acceptors (Lipinski definition) is 3. The molecule has 5 nitrogen and oxygen atoms in total. The number of nitrogens with zero attached hydrogens (tertiary/aromatic N) is 1. The molecule has 2 aromatic carbocycles. The van der Waals surface area contributed by atoms with Gasteiger partial charge in [-0.25, -0.2) is 8.42 Å². The molecule has 150 valence electrons. The summed E-state index contributed by atoms with van der Waals surface area (Å²) < 4.78 is 66.1. The summed E-state index contributed by atoms with van der Waals surface area (Å²) in [5.41, 5.74) is 0.469. The fourth-order valence-electron chi connectivity index (χ4n) is 3.24. The van der Waals surface area contributed by atoms with Crippen molar-refractivity contribution < 1.29 is 26.4 Å². The Labute approximate surface area is 168 Å². The van der Waals surface area contributed by atoms with Gasteiger partial charge in [-0.3, -0.25) is 9.52 Å². The number of sulfonamides is 1. The maximum Gasteiger partial charge on any atom is 0.416 e. The first kappa shape index (κ1) is 20.7. The summed E-state index contributed by atoms with van der Waals surface area (Å²) in [7, 11) is -4.10. The number of benzene rings is 2. The molecule has 0 aromatic heterocycles. The number of halogens is 4. The number of anilines is 2. The van der Waals surface area contributed by atoms with Crippen molar-refractivity contribution in [2.45, 2.75) is 37.4 Å². The average molecular weight is 477 g/mol. The number of alkyl halides is 3. The van der Waals surface area contributed by atoms with Crippen LogP contribution in [0, 0.1) is 0 Å². The molecule has 0 radical (unpaired) electrons. The topological polar surface area (TPSA) is 66.5 Å². The fourth-order valence-corrected chi connectivity index (χ4v) is 5.41. The van der Waals surface area contributed by atoms with Crippen LogP contribution in [0.25, 0.3) is 0 Å². The van der Waals surface area contributed by atoms with Crippen LogP contribution in [0.3, 0.4) is 0 Å². The molecule has 2 aromatic rings. The Balaban J connectivity index is 1.96. The molecule has 1 aliphatic heterocycles. The summed E-state index contributed by atoms with van der Waals surface area (Å²) in [5, 5.41) is 0. The van der Waals surface area contributed by atoms with Crippen LogP contribution in [0.5, 0.6) is 0 Å². The van der Waals surface area contributed by atoms with Gasteiger partial charge in [0.15, 0.2) is 0 Å². The Morgan fingerprint density at radius 2 is 1.82 bits per heavy atom. The van der Waals surface area contributed by atoms with Crippen molar-refractivity contribution in [3.63, 3.8) is 0 Å². The van der Waals surface area contributed by atoms with Gasteiger partial charge in [0.25, 0.3) is 10.0 Å². The smallest absolute Gasteiger partial charge is 0.309 e. The highest BCUT2D eigenvalue weighted by Gasteiger charge is 2.32. The summed E-state index contributed by atoms with van der Waals surface area (Å²) in [4.78, 5) is 13.3. The number of hydrogen-bond donors (Lipinski definition) is 1. The van der Waals surface area contributed by atoms with Gasteiger partial charge < -0.3 is 4.90 Å². The maximum atomic E-state index is 12.8. The molecule has 0 spiro atoms. The Morgan fingerprint density at radius 1 is 1.21 bits per heavy atom. The minimum Gasteiger partial charge on any atom is -0.309 e. The minimum atomic E-state index is -4.51. The van der Waals surface area contributed by atoms with Gasteiger partial charge in [0, 0.05) is 28.8 Å². The lowest BCUT2D eigenvalue weighted by Gasteiger charge is -2.21. The molecular formula is C18H16BrF3N2O3S. The number of rotatable bonds is 3. The second-order valence-electron chi connectivity index (χ2n) is 6.53. The number of carbonyl (C=O) groups excluding carboxylic acids is 1. The molecule has 1 amide bonds. The van der Waals surface area contributed by atoms with E-state index in [0.29, 0.717) is 16.6 Å². The second kappa shape index (κ2) is 7.07. The zero-order valence-electron chi connectivity index (χ0n) is 14.8. The highest BCUT2D eigenvalue weighted by molar-refractivity contribution is 9.10. The predicted molar refractivity (Wildman–Crippen MR) is 103 cm³/mol. The molecular weight excluding hydrogens is 461 g/mol. The first-order valence-corrected chi connectivity index (χ1v) is 10.5. The van der Waals surface area contributed by atoms with Crippen LogP contribution in [0.2, 0.25) is 0 Å². The second-order valence-corrected chi connectivity index (χ2v) is 9.04. The zero-order valence-corrected chi connectivity index (χ0v) is 17.2. The summed E-state index contributed by atoms with van der Waals surface area (Å²) in [5.74, 6) is -0.201. The van der Waals surface area contributed by atoms with Gasteiger partial charge in [-0.05, 0) is 71.2 Å². The van der Waals surface area contributed by atoms with Crippen LogP contribution >= 0.6 is 15.9 Å². The molecule has 1 aliphatic rings. The van der Waals surface area contributed by atoms with E-state index in [1.54, 1.807) is 6.07 Å². The van der Waals surface area contributed by atoms with E-state index in [1.807, 2.05) is 6.92 Å². The van der Waals surface area contributed by atoms with Crippen molar-refractivity contribution in [3.8, 4) is 0 Å². The Hall–Kier alpha value is -2.07. The molecule has 1 N–H and O–H groups in total. The fraction of sp³-hybridized carbons (Fsp3) is 0.278. The van der Waals surface area contributed by atoms with Crippen LogP contribution in [-0.4, -0.2) is 20.4 Å². The van der Waals surface area contributed by atoms with Crippen LogP contribution in [0.1, 0.15) is 25.0 Å². The van der Waals surface area contributed by atoms with E-state index in [4.69, 9.17) is 0 Å². The number of carbonyl (C=O) groups is 1. The SMILES string of the molecule is CC(=O)N1c2cc(S(=O)(=O)Nc3ccc(C(F)(F)F)cc3)c(Br)cc2CC1C. The van der Waals surface area contributed by atoms with E-state index < -0.39 is 21.8 Å². The molecule has 0 bridgehead atoms. The van der Waals surface area contributed by atoms with Gasteiger partial charge in [-0.1, -0.05) is 0 Å². The third-order valence-corrected chi connectivity index (χ3v) is 6.78. The lowest BCUT2D eigenvalue weighted by molar-refractivity contribution is -0.137. The summed E-state index contributed by atoms with van der Waals surface area (Å²) >= 11 is 3.24. The summed E-state index contributed by atoms with van der Waals surface area (Å²) in [6.07, 6.45) is -3.91. The third-order valence-electron chi connectivity index (χ3n) is 4.44. The van der Waals surface area contributed by atoms with Crippen LogP contribution < -0.4 is 9.62 Å². The van der Waals surface area contributed by atoms with E-state index in [2.05, 4.69) is 20.7 Å². The van der Waals surface area contributed by atoms with E-state index in [9.17, 15) is 26.4 Å². The maximum absolute atomic E-state index is 12.8. The van der Waals surface area contributed by atoms with Crippen molar-refractivity contribution in [1.29, 1.82) is 0 Å². The largest absolute Gasteiger partial charge is 0.416 e. The Kier molecular flexibility index (Phi) is 5.22. The lowest BCUT2D eigenvalue weighted by atomic mass is 10.1. The minimum absolute atomic E-state index is 0.00260. The van der Waals surface area contributed by atoms with Crippen LogP contribution in [-0.2, 0) is 27.4 Å². The van der Waals surface area contributed by atoms with Gasteiger partial charge in [-0.2, -0.15) is 13.2 Å². The van der Waals surface area contributed by atoms with Crippen molar-refractivity contribution in [2.75, 3.05) is 9.62 Å². The van der Waals surface area contributed by atoms with Gasteiger partial charge >= 0.3 is 6.18 Å². The Bertz CT molecular complexity index is 1040. The van der Waals surface area contributed by atoms with Gasteiger partial charge in [-0.15, -0.1) is 0 Å². The standard InChI is InChI=1S/C18H16BrF3N2O3S/c1-10-7-12-8-15(19)17(9-16(12)24(10)11(2)25)28(26,27)23-14-5-3-13(4-6-14)18(20,21)22/h3-6,8-10,23H,7H2,1-2H3. The van der Waals surface area contributed by atoms with Crippen molar-refractivity contribution in [1.82, 2.24) is 0 Å². The quantitative estimate of drug-likeness (QED) is 0.705. The molecule has 0 aliphatic carbocycles. The van der Waals surface area contributed by atoms with E-state index in [1.165, 1.54) is 17.9 Å². The summed E-state index contributed by atoms with van der Waals surface area (Å²) in [6, 6.07) is 6.65. The number of amides is 1. The third kappa shape index (κ3) is 3.88. The molecule has 0 saturated carbocycles. The molecule has 28 heavy (non-hydrogen) atoms. The molecule has 3 rings (SSSR count).